The van der Waals surface area contributed by atoms with Gasteiger partial charge in [0.05, 0.1) is 16.5 Å². The van der Waals surface area contributed by atoms with Gasteiger partial charge in [-0.25, -0.2) is 13.6 Å². The number of benzene rings is 3. The van der Waals surface area contributed by atoms with E-state index < -0.39 is 15.9 Å². The van der Waals surface area contributed by atoms with E-state index in [-0.39, 0.29) is 23.1 Å². The lowest BCUT2D eigenvalue weighted by atomic mass is 10.1. The van der Waals surface area contributed by atoms with E-state index in [2.05, 4.69) is 5.32 Å². The fourth-order valence-corrected chi connectivity index (χ4v) is 4.40. The van der Waals surface area contributed by atoms with Crippen molar-refractivity contribution in [2.75, 3.05) is 18.0 Å². The van der Waals surface area contributed by atoms with Gasteiger partial charge in [-0.2, -0.15) is 0 Å². The molecular weight excluding hydrogens is 414 g/mol. The fourth-order valence-electron chi connectivity index (χ4n) is 3.88. The molecule has 0 aliphatic carbocycles. The zero-order chi connectivity index (χ0) is 22.0. The number of hydrogen-bond acceptors (Lipinski definition) is 4. The molecule has 0 spiro atoms. The summed E-state index contributed by atoms with van der Waals surface area (Å²) in [6.07, 6.45) is 0.725. The van der Waals surface area contributed by atoms with Crippen LogP contribution in [0.2, 0.25) is 0 Å². The van der Waals surface area contributed by atoms with Gasteiger partial charge in [0.15, 0.2) is 0 Å². The zero-order valence-electron chi connectivity index (χ0n) is 16.8. The number of primary sulfonamides is 1. The molecule has 31 heavy (non-hydrogen) atoms. The smallest absolute Gasteiger partial charge is 0.238 e. The first-order valence-electron chi connectivity index (χ1n) is 10.0. The summed E-state index contributed by atoms with van der Waals surface area (Å²) in [6.45, 7) is 0.744. The summed E-state index contributed by atoms with van der Waals surface area (Å²) >= 11 is 0. The highest BCUT2D eigenvalue weighted by Crippen LogP contribution is 2.31. The molecule has 4 rings (SSSR count). The number of anilines is 1. The minimum atomic E-state index is -3.72. The monoisotopic (exact) mass is 437 g/mol. The molecule has 1 aliphatic rings. The minimum Gasteiger partial charge on any atom is -0.355 e. The summed E-state index contributed by atoms with van der Waals surface area (Å²) in [5.74, 6) is -0.622. The Morgan fingerprint density at radius 3 is 2.48 bits per heavy atom. The number of nitrogens with zero attached hydrogens (tertiary/aromatic N) is 1. The molecule has 3 N–H and O–H groups in total. The van der Waals surface area contributed by atoms with E-state index in [1.807, 2.05) is 42.5 Å². The van der Waals surface area contributed by atoms with E-state index in [0.29, 0.717) is 19.5 Å². The molecule has 2 amide bonds. The Kier molecular flexibility index (Phi) is 5.75. The van der Waals surface area contributed by atoms with Crippen molar-refractivity contribution in [1.82, 2.24) is 5.32 Å². The molecular formula is C23H23N3O4S. The first kappa shape index (κ1) is 21.0. The predicted molar refractivity (Wildman–Crippen MR) is 119 cm³/mol. The number of carbonyl (C=O) groups excluding carboxylic acids is 2. The van der Waals surface area contributed by atoms with Gasteiger partial charge in [-0.15, -0.1) is 0 Å². The molecule has 3 aromatic carbocycles. The first-order chi connectivity index (χ1) is 14.8. The maximum atomic E-state index is 12.6. The highest BCUT2D eigenvalue weighted by atomic mass is 32.2. The van der Waals surface area contributed by atoms with Crippen LogP contribution in [0.15, 0.2) is 71.6 Å². The minimum absolute atomic E-state index is 0.0540. The SMILES string of the molecule is NS(=O)(=O)c1ccc(CCNC(=O)C2CC(=O)N(c3cccc4ccccc34)C2)cc1. The second kappa shape index (κ2) is 8.49. The number of amides is 2. The van der Waals surface area contributed by atoms with E-state index in [1.165, 1.54) is 12.1 Å². The number of nitrogens with two attached hydrogens (primary N) is 1. The van der Waals surface area contributed by atoms with Crippen molar-refractivity contribution in [3.8, 4) is 0 Å². The van der Waals surface area contributed by atoms with Crippen LogP contribution in [-0.4, -0.2) is 33.3 Å². The van der Waals surface area contributed by atoms with E-state index >= 15 is 0 Å². The summed E-state index contributed by atoms with van der Waals surface area (Å²) in [6, 6.07) is 19.9. The molecule has 0 aromatic heterocycles. The van der Waals surface area contributed by atoms with Gasteiger partial charge in [0, 0.05) is 24.9 Å². The fraction of sp³-hybridized carbons (Fsp3) is 0.217. The second-order valence-electron chi connectivity index (χ2n) is 7.63. The lowest BCUT2D eigenvalue weighted by Crippen LogP contribution is -2.34. The lowest BCUT2D eigenvalue weighted by Gasteiger charge is -2.19. The summed E-state index contributed by atoms with van der Waals surface area (Å²) in [5.41, 5.74) is 1.71. The molecule has 1 unspecified atom stereocenters. The Morgan fingerprint density at radius 1 is 1.03 bits per heavy atom. The Balaban J connectivity index is 1.36. The zero-order valence-corrected chi connectivity index (χ0v) is 17.6. The lowest BCUT2D eigenvalue weighted by molar-refractivity contribution is -0.126. The quantitative estimate of drug-likeness (QED) is 0.616. The van der Waals surface area contributed by atoms with E-state index in [4.69, 9.17) is 5.14 Å². The van der Waals surface area contributed by atoms with Gasteiger partial charge in [0.25, 0.3) is 0 Å². The molecule has 1 atom stereocenters. The van der Waals surface area contributed by atoms with Gasteiger partial charge in [-0.05, 0) is 35.6 Å². The largest absolute Gasteiger partial charge is 0.355 e. The van der Waals surface area contributed by atoms with Gasteiger partial charge < -0.3 is 10.2 Å². The number of sulfonamides is 1. The second-order valence-corrected chi connectivity index (χ2v) is 9.20. The van der Waals surface area contributed by atoms with Crippen molar-refractivity contribution >= 4 is 38.3 Å². The van der Waals surface area contributed by atoms with Gasteiger partial charge >= 0.3 is 0 Å². The Labute approximate surface area is 180 Å². The van der Waals surface area contributed by atoms with Crippen LogP contribution in [-0.2, 0) is 26.0 Å². The van der Waals surface area contributed by atoms with Gasteiger partial charge in [-0.1, -0.05) is 48.5 Å². The number of rotatable bonds is 6. The molecule has 0 saturated carbocycles. The highest BCUT2D eigenvalue weighted by molar-refractivity contribution is 7.89. The van der Waals surface area contributed by atoms with Crippen molar-refractivity contribution in [2.24, 2.45) is 11.1 Å². The third-order valence-electron chi connectivity index (χ3n) is 5.52. The maximum absolute atomic E-state index is 12.6. The van der Waals surface area contributed by atoms with Crippen LogP contribution in [0.5, 0.6) is 0 Å². The maximum Gasteiger partial charge on any atom is 0.238 e. The van der Waals surface area contributed by atoms with Crippen LogP contribution in [0.25, 0.3) is 10.8 Å². The van der Waals surface area contributed by atoms with Gasteiger partial charge in [0.1, 0.15) is 0 Å². The first-order valence-corrected chi connectivity index (χ1v) is 11.5. The molecule has 7 nitrogen and oxygen atoms in total. The third-order valence-corrected chi connectivity index (χ3v) is 6.45. The van der Waals surface area contributed by atoms with Crippen LogP contribution in [0.1, 0.15) is 12.0 Å². The standard InChI is InChI=1S/C23H23N3O4S/c24-31(29,30)19-10-8-16(9-11-19)12-13-25-23(28)18-14-22(27)26(15-18)21-7-3-5-17-4-1-2-6-20(17)21/h1-11,18H,12-15H2,(H,25,28)(H2,24,29,30). The Hall–Kier alpha value is -3.23. The third kappa shape index (κ3) is 4.60. The molecule has 3 aromatic rings. The predicted octanol–water partition coefficient (Wildman–Crippen LogP) is 2.20. The normalized spacial score (nSPS) is 16.6. The molecule has 1 fully saturated rings. The summed E-state index contributed by atoms with van der Waals surface area (Å²) in [7, 11) is -3.72. The van der Waals surface area contributed by atoms with Crippen LogP contribution < -0.4 is 15.4 Å². The molecule has 160 valence electrons. The van der Waals surface area contributed by atoms with E-state index in [9.17, 15) is 18.0 Å². The van der Waals surface area contributed by atoms with Crippen molar-refractivity contribution in [3.63, 3.8) is 0 Å². The number of hydrogen-bond donors (Lipinski definition) is 2. The van der Waals surface area contributed by atoms with E-state index in [1.54, 1.807) is 17.0 Å². The molecule has 8 heteroatoms. The summed E-state index contributed by atoms with van der Waals surface area (Å²) < 4.78 is 22.6. The summed E-state index contributed by atoms with van der Waals surface area (Å²) in [4.78, 5) is 27.0. The molecule has 1 heterocycles. The van der Waals surface area contributed by atoms with Crippen LogP contribution >= 0.6 is 0 Å². The molecule has 0 radical (unpaired) electrons. The summed E-state index contributed by atoms with van der Waals surface area (Å²) in [5, 5.41) is 10.0. The highest BCUT2D eigenvalue weighted by Gasteiger charge is 2.35. The Bertz CT molecular complexity index is 1230. The van der Waals surface area contributed by atoms with Gasteiger partial charge in [-0.3, -0.25) is 9.59 Å². The molecule has 1 aliphatic heterocycles. The topological polar surface area (TPSA) is 110 Å². The number of carbonyl (C=O) groups is 2. The van der Waals surface area contributed by atoms with Crippen molar-refractivity contribution in [1.29, 1.82) is 0 Å². The van der Waals surface area contributed by atoms with Crippen LogP contribution in [0.4, 0.5) is 5.69 Å². The Morgan fingerprint density at radius 2 is 1.74 bits per heavy atom. The van der Waals surface area contributed by atoms with Crippen molar-refractivity contribution in [2.45, 2.75) is 17.7 Å². The average molecular weight is 438 g/mol. The van der Waals surface area contributed by atoms with Gasteiger partial charge in [0.2, 0.25) is 21.8 Å². The van der Waals surface area contributed by atoms with E-state index in [0.717, 1.165) is 22.0 Å². The van der Waals surface area contributed by atoms with Crippen molar-refractivity contribution in [3.05, 3.63) is 72.3 Å². The van der Waals surface area contributed by atoms with Crippen LogP contribution in [0, 0.1) is 5.92 Å². The van der Waals surface area contributed by atoms with Crippen LogP contribution in [0.3, 0.4) is 0 Å². The number of fused-ring (bicyclic) bond motifs is 1. The molecule has 0 bridgehead atoms. The van der Waals surface area contributed by atoms with Crippen molar-refractivity contribution < 1.29 is 18.0 Å². The molecule has 1 saturated heterocycles. The average Bonchev–Trinajstić information content (AvgIpc) is 3.14. The number of nitrogens with one attached hydrogen (secondary N) is 1.